The van der Waals surface area contributed by atoms with E-state index in [0.717, 1.165) is 37.5 Å². The fraction of sp³-hybridized carbons (Fsp3) is 0.667. The molecule has 1 unspecified atom stereocenters. The van der Waals surface area contributed by atoms with Gasteiger partial charge in [0.05, 0.1) is 25.3 Å². The SMILES string of the molecule is CCNC(=NCc1cc(Cl)c(OCC)c(OC)c1)NCC(CCO)CC(C)C.I. The smallest absolute Gasteiger partial charge is 0.191 e. The molecule has 1 rings (SSSR count). The van der Waals surface area contributed by atoms with Gasteiger partial charge in [-0.1, -0.05) is 25.4 Å². The van der Waals surface area contributed by atoms with Crippen molar-refractivity contribution in [2.45, 2.75) is 47.1 Å². The minimum absolute atomic E-state index is 0. The van der Waals surface area contributed by atoms with E-state index in [1.165, 1.54) is 0 Å². The number of methoxy groups -OCH3 is 1. The third kappa shape index (κ3) is 10.6. The Balaban J connectivity index is 0.00000784. The van der Waals surface area contributed by atoms with Crippen LogP contribution in [0.3, 0.4) is 0 Å². The van der Waals surface area contributed by atoms with Gasteiger partial charge in [0.15, 0.2) is 17.5 Å². The summed E-state index contributed by atoms with van der Waals surface area (Å²) in [4.78, 5) is 4.66. The highest BCUT2D eigenvalue weighted by molar-refractivity contribution is 14.0. The van der Waals surface area contributed by atoms with Crippen molar-refractivity contribution >= 4 is 41.5 Å². The first-order valence-corrected chi connectivity index (χ1v) is 10.4. The molecule has 0 bridgehead atoms. The highest BCUT2D eigenvalue weighted by Crippen LogP contribution is 2.36. The number of guanidine groups is 1. The number of nitrogens with zero attached hydrogens (tertiary/aromatic N) is 1. The van der Waals surface area contributed by atoms with E-state index >= 15 is 0 Å². The highest BCUT2D eigenvalue weighted by atomic mass is 127. The molecule has 0 amide bonds. The fourth-order valence-corrected chi connectivity index (χ4v) is 3.34. The summed E-state index contributed by atoms with van der Waals surface area (Å²) in [5.74, 6) is 2.92. The number of hydrogen-bond donors (Lipinski definition) is 3. The van der Waals surface area contributed by atoms with Gasteiger partial charge in [-0.25, -0.2) is 4.99 Å². The number of ether oxygens (including phenoxy) is 2. The number of hydrogen-bond acceptors (Lipinski definition) is 4. The van der Waals surface area contributed by atoms with E-state index in [2.05, 4.69) is 29.5 Å². The van der Waals surface area contributed by atoms with Crippen LogP contribution in [0, 0.1) is 11.8 Å². The zero-order chi connectivity index (χ0) is 20.9. The lowest BCUT2D eigenvalue weighted by molar-refractivity contribution is 0.243. The fourth-order valence-electron chi connectivity index (χ4n) is 3.05. The van der Waals surface area contributed by atoms with E-state index in [0.29, 0.717) is 41.5 Å². The Bertz CT molecular complexity index is 615. The number of halogens is 2. The van der Waals surface area contributed by atoms with Crippen molar-refractivity contribution in [3.8, 4) is 11.5 Å². The van der Waals surface area contributed by atoms with Crippen molar-refractivity contribution in [1.82, 2.24) is 10.6 Å². The maximum Gasteiger partial charge on any atom is 0.191 e. The molecular formula is C21H37ClIN3O3. The van der Waals surface area contributed by atoms with Gasteiger partial charge in [-0.2, -0.15) is 0 Å². The molecule has 29 heavy (non-hydrogen) atoms. The molecular weight excluding hydrogens is 505 g/mol. The first-order chi connectivity index (χ1) is 13.4. The van der Waals surface area contributed by atoms with Crippen molar-refractivity contribution in [2.24, 2.45) is 16.8 Å². The van der Waals surface area contributed by atoms with Crippen LogP contribution in [-0.4, -0.2) is 44.5 Å². The summed E-state index contributed by atoms with van der Waals surface area (Å²) in [6, 6.07) is 3.76. The number of rotatable bonds is 12. The molecule has 0 heterocycles. The molecule has 0 aliphatic heterocycles. The van der Waals surface area contributed by atoms with Gasteiger partial charge in [-0.3, -0.25) is 0 Å². The Morgan fingerprint density at radius 3 is 2.52 bits per heavy atom. The molecule has 1 atom stereocenters. The summed E-state index contributed by atoms with van der Waals surface area (Å²) in [7, 11) is 1.60. The lowest BCUT2D eigenvalue weighted by Crippen LogP contribution is -2.40. The lowest BCUT2D eigenvalue weighted by atomic mass is 9.94. The van der Waals surface area contributed by atoms with Gasteiger partial charge >= 0.3 is 0 Å². The number of aliphatic hydroxyl groups excluding tert-OH is 1. The minimum Gasteiger partial charge on any atom is -0.493 e. The van der Waals surface area contributed by atoms with E-state index in [-0.39, 0.29) is 30.6 Å². The van der Waals surface area contributed by atoms with Gasteiger partial charge in [-0.05, 0) is 56.2 Å². The third-order valence-electron chi connectivity index (χ3n) is 4.24. The van der Waals surface area contributed by atoms with Gasteiger partial charge in [0, 0.05) is 19.7 Å². The highest BCUT2D eigenvalue weighted by Gasteiger charge is 2.13. The monoisotopic (exact) mass is 541 g/mol. The van der Waals surface area contributed by atoms with Crippen LogP contribution < -0.4 is 20.1 Å². The van der Waals surface area contributed by atoms with Gasteiger partial charge in [-0.15, -0.1) is 24.0 Å². The molecule has 1 aromatic rings. The normalized spacial score (nSPS) is 12.3. The number of nitrogens with one attached hydrogen (secondary N) is 2. The van der Waals surface area contributed by atoms with E-state index < -0.39 is 0 Å². The molecule has 0 aromatic heterocycles. The first-order valence-electron chi connectivity index (χ1n) is 10.1. The zero-order valence-corrected chi connectivity index (χ0v) is 21.3. The molecule has 0 saturated heterocycles. The molecule has 0 fully saturated rings. The second-order valence-corrected chi connectivity index (χ2v) is 7.53. The van der Waals surface area contributed by atoms with Gasteiger partial charge in [0.2, 0.25) is 0 Å². The van der Waals surface area contributed by atoms with E-state index in [1.54, 1.807) is 7.11 Å². The Morgan fingerprint density at radius 2 is 1.97 bits per heavy atom. The second kappa shape index (κ2) is 15.8. The maximum atomic E-state index is 9.30. The topological polar surface area (TPSA) is 75.1 Å². The summed E-state index contributed by atoms with van der Waals surface area (Å²) < 4.78 is 11.0. The van der Waals surface area contributed by atoms with Crippen LogP contribution in [0.2, 0.25) is 5.02 Å². The Hall–Kier alpha value is -0.930. The van der Waals surface area contributed by atoms with E-state index in [4.69, 9.17) is 21.1 Å². The molecule has 0 saturated carbocycles. The van der Waals surface area contributed by atoms with Crippen LogP contribution in [0.4, 0.5) is 0 Å². The molecule has 0 aliphatic carbocycles. The zero-order valence-electron chi connectivity index (χ0n) is 18.3. The molecule has 1 aromatic carbocycles. The van der Waals surface area contributed by atoms with Gasteiger partial charge in [0.1, 0.15) is 0 Å². The molecule has 3 N–H and O–H groups in total. The number of aliphatic imine (C=N–C) groups is 1. The predicted molar refractivity (Wildman–Crippen MR) is 132 cm³/mol. The molecule has 0 aliphatic rings. The van der Waals surface area contributed by atoms with Crippen LogP contribution in [0.15, 0.2) is 17.1 Å². The quantitative estimate of drug-likeness (QED) is 0.207. The Labute approximate surface area is 197 Å². The summed E-state index contributed by atoms with van der Waals surface area (Å²) in [5.41, 5.74) is 0.941. The third-order valence-corrected chi connectivity index (χ3v) is 4.52. The summed E-state index contributed by atoms with van der Waals surface area (Å²) in [5, 5.41) is 16.5. The van der Waals surface area contributed by atoms with Crippen LogP contribution in [-0.2, 0) is 6.54 Å². The maximum absolute atomic E-state index is 9.30. The average Bonchev–Trinajstić information content (AvgIpc) is 2.65. The van der Waals surface area contributed by atoms with Crippen molar-refractivity contribution in [3.05, 3.63) is 22.7 Å². The minimum atomic E-state index is 0. The van der Waals surface area contributed by atoms with Crippen LogP contribution >= 0.6 is 35.6 Å². The summed E-state index contributed by atoms with van der Waals surface area (Å²) in [6.07, 6.45) is 1.86. The first kappa shape index (κ1) is 28.1. The molecule has 6 nitrogen and oxygen atoms in total. The van der Waals surface area contributed by atoms with E-state index in [1.807, 2.05) is 26.0 Å². The predicted octanol–water partition coefficient (Wildman–Crippen LogP) is 4.47. The standard InChI is InChI=1S/C21H36ClN3O3.HI/c1-6-23-21(24-13-16(8-9-26)10-15(3)4)25-14-17-11-18(22)20(28-7-2)19(12-17)27-5;/h11-12,15-16,26H,6-10,13-14H2,1-5H3,(H2,23,24,25);1H. The van der Waals surface area contributed by atoms with E-state index in [9.17, 15) is 5.11 Å². The van der Waals surface area contributed by atoms with Gasteiger partial charge in [0.25, 0.3) is 0 Å². The number of benzene rings is 1. The van der Waals surface area contributed by atoms with Crippen LogP contribution in [0.25, 0.3) is 0 Å². The Morgan fingerprint density at radius 1 is 1.24 bits per heavy atom. The van der Waals surface area contributed by atoms with Crippen molar-refractivity contribution < 1.29 is 14.6 Å². The summed E-state index contributed by atoms with van der Waals surface area (Å²) >= 11 is 6.35. The van der Waals surface area contributed by atoms with Crippen molar-refractivity contribution in [3.63, 3.8) is 0 Å². The van der Waals surface area contributed by atoms with Crippen molar-refractivity contribution in [1.29, 1.82) is 0 Å². The lowest BCUT2D eigenvalue weighted by Gasteiger charge is -2.20. The van der Waals surface area contributed by atoms with Gasteiger partial charge < -0.3 is 25.2 Å². The summed E-state index contributed by atoms with van der Waals surface area (Å²) in [6.45, 7) is 11.1. The van der Waals surface area contributed by atoms with Crippen molar-refractivity contribution in [2.75, 3.05) is 33.4 Å². The number of aliphatic hydroxyl groups is 1. The largest absolute Gasteiger partial charge is 0.493 e. The Kier molecular flexibility index (Phi) is 15.3. The molecule has 0 spiro atoms. The molecule has 168 valence electrons. The molecule has 0 radical (unpaired) electrons. The van der Waals surface area contributed by atoms with Crippen LogP contribution in [0.1, 0.15) is 46.1 Å². The van der Waals surface area contributed by atoms with Crippen LogP contribution in [0.5, 0.6) is 11.5 Å². The second-order valence-electron chi connectivity index (χ2n) is 7.13. The molecule has 8 heteroatoms. The average molecular weight is 542 g/mol.